The number of nitrogens with one attached hydrogen (secondary N) is 1. The van der Waals surface area contributed by atoms with Gasteiger partial charge in [0.15, 0.2) is 5.96 Å². The van der Waals surface area contributed by atoms with E-state index in [1.165, 1.54) is 0 Å². The number of halogens is 1. The molecule has 1 aromatic rings. The zero-order valence-electron chi connectivity index (χ0n) is 18.5. The van der Waals surface area contributed by atoms with Crippen molar-refractivity contribution in [1.29, 1.82) is 0 Å². The fraction of sp³-hybridized carbons (Fsp3) is 0.636. The lowest BCUT2D eigenvalue weighted by atomic mass is 10.1. The summed E-state index contributed by atoms with van der Waals surface area (Å²) >= 11 is 0. The first-order valence-corrected chi connectivity index (χ1v) is 10.5. The van der Waals surface area contributed by atoms with Gasteiger partial charge in [0.05, 0.1) is 18.8 Å². The third kappa shape index (κ3) is 6.55. The van der Waals surface area contributed by atoms with Gasteiger partial charge in [0.1, 0.15) is 0 Å². The third-order valence-corrected chi connectivity index (χ3v) is 5.56. The molecule has 0 spiro atoms. The summed E-state index contributed by atoms with van der Waals surface area (Å²) in [6.45, 7) is 8.74. The summed E-state index contributed by atoms with van der Waals surface area (Å²) in [6, 6.07) is 7.85. The molecule has 2 heterocycles. The first kappa shape index (κ1) is 24.9. The van der Waals surface area contributed by atoms with E-state index in [4.69, 9.17) is 9.47 Å². The second-order valence-electron chi connectivity index (χ2n) is 8.12. The molecule has 1 aromatic carbocycles. The first-order chi connectivity index (χ1) is 14.0. The van der Waals surface area contributed by atoms with Gasteiger partial charge in [-0.2, -0.15) is 0 Å². The number of carbonyl (C=O) groups is 1. The van der Waals surface area contributed by atoms with Crippen molar-refractivity contribution in [2.45, 2.75) is 39.0 Å². The lowest BCUT2D eigenvalue weighted by Crippen LogP contribution is -2.48. The van der Waals surface area contributed by atoms with Crippen molar-refractivity contribution in [2.24, 2.45) is 10.9 Å². The SMILES string of the molecule is CN=C(NCc1ccc(C(=O)N2CC(C)OC(C)C2)cc1)N1CCC(COC)C1.I. The number of aliphatic imine (C=N–C) groups is 1. The molecule has 1 amide bonds. The van der Waals surface area contributed by atoms with E-state index >= 15 is 0 Å². The molecule has 1 N–H and O–H groups in total. The number of rotatable bonds is 5. The van der Waals surface area contributed by atoms with Crippen LogP contribution in [0.5, 0.6) is 0 Å². The van der Waals surface area contributed by atoms with Crippen LogP contribution >= 0.6 is 24.0 Å². The number of nitrogens with zero attached hydrogens (tertiary/aromatic N) is 3. The molecule has 2 fully saturated rings. The number of guanidine groups is 1. The standard InChI is InChI=1S/C22H34N4O3.HI/c1-16-12-26(13-17(2)29-16)21(27)20-7-5-18(6-8-20)11-24-22(23-3)25-10-9-19(14-25)15-28-4;/h5-8,16-17,19H,9-15H2,1-4H3,(H,23,24);1H. The van der Waals surface area contributed by atoms with Crippen molar-refractivity contribution in [3.8, 4) is 0 Å². The predicted octanol–water partition coefficient (Wildman–Crippen LogP) is 2.60. The molecule has 0 radical (unpaired) electrons. The minimum Gasteiger partial charge on any atom is -0.384 e. The van der Waals surface area contributed by atoms with Crippen molar-refractivity contribution in [2.75, 3.05) is 46.9 Å². The Balaban J connectivity index is 0.00000320. The topological polar surface area (TPSA) is 66.4 Å². The molecule has 0 saturated carbocycles. The summed E-state index contributed by atoms with van der Waals surface area (Å²) < 4.78 is 11.0. The van der Waals surface area contributed by atoms with Crippen LogP contribution in [0, 0.1) is 5.92 Å². The van der Waals surface area contributed by atoms with E-state index in [1.54, 1.807) is 7.11 Å². The van der Waals surface area contributed by atoms with Gasteiger partial charge in [-0.15, -0.1) is 24.0 Å². The Morgan fingerprint density at radius 1 is 1.17 bits per heavy atom. The number of methoxy groups -OCH3 is 1. The van der Waals surface area contributed by atoms with Gasteiger partial charge >= 0.3 is 0 Å². The molecule has 0 aliphatic carbocycles. The number of benzene rings is 1. The molecule has 2 aliphatic rings. The van der Waals surface area contributed by atoms with Crippen LogP contribution in [0.3, 0.4) is 0 Å². The van der Waals surface area contributed by atoms with Crippen molar-refractivity contribution in [3.05, 3.63) is 35.4 Å². The van der Waals surface area contributed by atoms with E-state index in [-0.39, 0.29) is 42.1 Å². The lowest BCUT2D eigenvalue weighted by Gasteiger charge is -2.35. The largest absolute Gasteiger partial charge is 0.384 e. The molecular formula is C22H35IN4O3. The van der Waals surface area contributed by atoms with Crippen LogP contribution < -0.4 is 5.32 Å². The second kappa shape index (κ2) is 11.9. The van der Waals surface area contributed by atoms with Gasteiger partial charge in [-0.1, -0.05) is 12.1 Å². The Kier molecular flexibility index (Phi) is 9.83. The summed E-state index contributed by atoms with van der Waals surface area (Å²) in [7, 11) is 3.57. The van der Waals surface area contributed by atoms with Gasteiger partial charge in [0.25, 0.3) is 5.91 Å². The van der Waals surface area contributed by atoms with Crippen LogP contribution in [0.1, 0.15) is 36.2 Å². The minimum absolute atomic E-state index is 0. The van der Waals surface area contributed by atoms with Crippen molar-refractivity contribution < 1.29 is 14.3 Å². The zero-order chi connectivity index (χ0) is 20.8. The molecule has 7 nitrogen and oxygen atoms in total. The molecule has 168 valence electrons. The smallest absolute Gasteiger partial charge is 0.254 e. The highest BCUT2D eigenvalue weighted by Crippen LogP contribution is 2.17. The molecule has 3 rings (SSSR count). The number of hydrogen-bond donors (Lipinski definition) is 1. The van der Waals surface area contributed by atoms with E-state index in [1.807, 2.05) is 50.1 Å². The van der Waals surface area contributed by atoms with E-state index in [9.17, 15) is 4.79 Å². The summed E-state index contributed by atoms with van der Waals surface area (Å²) in [4.78, 5) is 21.4. The molecule has 2 aliphatic heterocycles. The quantitative estimate of drug-likeness (QED) is 0.360. The second-order valence-corrected chi connectivity index (χ2v) is 8.12. The van der Waals surface area contributed by atoms with E-state index in [2.05, 4.69) is 15.2 Å². The van der Waals surface area contributed by atoms with E-state index < -0.39 is 0 Å². The van der Waals surface area contributed by atoms with Gasteiger partial charge in [-0.3, -0.25) is 9.79 Å². The number of morpholine rings is 1. The maximum Gasteiger partial charge on any atom is 0.254 e. The predicted molar refractivity (Wildman–Crippen MR) is 130 cm³/mol. The van der Waals surface area contributed by atoms with Gasteiger partial charge in [0.2, 0.25) is 0 Å². The Hall–Kier alpha value is -1.39. The average Bonchev–Trinajstić information content (AvgIpc) is 3.16. The van der Waals surface area contributed by atoms with Gasteiger partial charge in [-0.25, -0.2) is 0 Å². The number of hydrogen-bond acceptors (Lipinski definition) is 4. The minimum atomic E-state index is 0. The monoisotopic (exact) mass is 530 g/mol. The van der Waals surface area contributed by atoms with E-state index in [0.29, 0.717) is 25.6 Å². The summed E-state index contributed by atoms with van der Waals surface area (Å²) in [6.07, 6.45) is 1.28. The molecule has 8 heteroatoms. The Morgan fingerprint density at radius 2 is 1.83 bits per heavy atom. The Labute approximate surface area is 197 Å². The van der Waals surface area contributed by atoms with Crippen LogP contribution in [0.15, 0.2) is 29.3 Å². The van der Waals surface area contributed by atoms with Gasteiger partial charge in [0, 0.05) is 58.4 Å². The normalized spacial score (nSPS) is 24.5. The lowest BCUT2D eigenvalue weighted by molar-refractivity contribution is -0.0586. The fourth-order valence-corrected chi connectivity index (χ4v) is 4.20. The number of amides is 1. The highest BCUT2D eigenvalue weighted by Gasteiger charge is 2.27. The summed E-state index contributed by atoms with van der Waals surface area (Å²) in [5.74, 6) is 1.55. The molecule has 30 heavy (non-hydrogen) atoms. The van der Waals surface area contributed by atoms with E-state index in [0.717, 1.165) is 43.2 Å². The third-order valence-electron chi connectivity index (χ3n) is 5.56. The van der Waals surface area contributed by atoms with Crippen LogP contribution in [0.2, 0.25) is 0 Å². The fourth-order valence-electron chi connectivity index (χ4n) is 4.20. The van der Waals surface area contributed by atoms with Crippen molar-refractivity contribution in [3.63, 3.8) is 0 Å². The molecule has 3 unspecified atom stereocenters. The Bertz CT molecular complexity index is 703. The maximum atomic E-state index is 12.8. The van der Waals surface area contributed by atoms with Gasteiger partial charge < -0.3 is 24.6 Å². The zero-order valence-corrected chi connectivity index (χ0v) is 20.8. The van der Waals surface area contributed by atoms with Crippen LogP contribution in [0.25, 0.3) is 0 Å². The number of ether oxygens (including phenoxy) is 2. The van der Waals surface area contributed by atoms with Crippen molar-refractivity contribution >= 4 is 35.8 Å². The Morgan fingerprint density at radius 3 is 2.43 bits per heavy atom. The molecule has 0 bridgehead atoms. The summed E-state index contributed by atoms with van der Waals surface area (Å²) in [5, 5.41) is 3.44. The summed E-state index contributed by atoms with van der Waals surface area (Å²) in [5.41, 5.74) is 1.85. The van der Waals surface area contributed by atoms with Crippen LogP contribution in [-0.4, -0.2) is 80.8 Å². The average molecular weight is 530 g/mol. The van der Waals surface area contributed by atoms with Crippen LogP contribution in [0.4, 0.5) is 0 Å². The van der Waals surface area contributed by atoms with Gasteiger partial charge in [-0.05, 0) is 38.0 Å². The highest BCUT2D eigenvalue weighted by molar-refractivity contribution is 14.0. The van der Waals surface area contributed by atoms with Crippen molar-refractivity contribution in [1.82, 2.24) is 15.1 Å². The van der Waals surface area contributed by atoms with Crippen LogP contribution in [-0.2, 0) is 16.0 Å². The maximum absolute atomic E-state index is 12.8. The first-order valence-electron chi connectivity index (χ1n) is 10.5. The molecule has 0 aromatic heterocycles. The highest BCUT2D eigenvalue weighted by atomic mass is 127. The molecule has 3 atom stereocenters. The molecular weight excluding hydrogens is 495 g/mol. The molecule has 2 saturated heterocycles. The number of likely N-dealkylation sites (tertiary alicyclic amines) is 1. The number of carbonyl (C=O) groups excluding carboxylic acids is 1.